The molecule has 2 rings (SSSR count). The molecular weight excluding hydrogens is 306 g/mol. The Balaban J connectivity index is 2.11. The zero-order chi connectivity index (χ0) is 17.4. The number of phenolic OH excluding ortho intramolecular Hbond substituents is 1. The van der Waals surface area contributed by atoms with Crippen molar-refractivity contribution < 1.29 is 19.5 Å². The molecule has 0 aliphatic carbocycles. The van der Waals surface area contributed by atoms with Crippen LogP contribution in [-0.4, -0.2) is 23.7 Å². The number of carbonyl (C=O) groups is 1. The molecule has 24 heavy (non-hydrogen) atoms. The topological polar surface area (TPSA) is 67.8 Å². The van der Waals surface area contributed by atoms with Gasteiger partial charge in [0.15, 0.2) is 5.54 Å². The van der Waals surface area contributed by atoms with Crippen molar-refractivity contribution in [3.63, 3.8) is 0 Å². The van der Waals surface area contributed by atoms with Crippen molar-refractivity contribution in [2.75, 3.05) is 7.11 Å². The molecule has 0 amide bonds. The van der Waals surface area contributed by atoms with Crippen molar-refractivity contribution >= 4 is 5.97 Å². The Hall–Kier alpha value is -2.63. The summed E-state index contributed by atoms with van der Waals surface area (Å²) in [6.07, 6.45) is 1.74. The Morgan fingerprint density at radius 3 is 2.42 bits per heavy atom. The molecule has 126 valence electrons. The number of nitrogens with one attached hydrogen (secondary N) is 1. The summed E-state index contributed by atoms with van der Waals surface area (Å²) in [5, 5.41) is 9.38. The molecule has 0 spiro atoms. The van der Waals surface area contributed by atoms with Gasteiger partial charge in [0.1, 0.15) is 5.75 Å². The van der Waals surface area contributed by atoms with Crippen LogP contribution < -0.4 is 5.48 Å². The summed E-state index contributed by atoms with van der Waals surface area (Å²) in [5.41, 5.74) is 3.37. The van der Waals surface area contributed by atoms with Gasteiger partial charge in [-0.15, -0.1) is 6.58 Å². The van der Waals surface area contributed by atoms with Crippen LogP contribution in [0.1, 0.15) is 11.1 Å². The van der Waals surface area contributed by atoms with Crippen molar-refractivity contribution in [3.05, 3.63) is 78.4 Å². The molecule has 5 heteroatoms. The molecule has 5 nitrogen and oxygen atoms in total. The van der Waals surface area contributed by atoms with Crippen molar-refractivity contribution in [2.45, 2.75) is 18.6 Å². The minimum absolute atomic E-state index is 0.161. The molecule has 2 N–H and O–H groups in total. The monoisotopic (exact) mass is 327 g/mol. The fourth-order valence-electron chi connectivity index (χ4n) is 2.29. The summed E-state index contributed by atoms with van der Waals surface area (Å²) in [6, 6.07) is 16.2. The highest BCUT2D eigenvalue weighted by Gasteiger charge is 2.37. The third-order valence-corrected chi connectivity index (χ3v) is 3.65. The van der Waals surface area contributed by atoms with Crippen LogP contribution in [-0.2, 0) is 27.4 Å². The average molecular weight is 327 g/mol. The van der Waals surface area contributed by atoms with E-state index in [4.69, 9.17) is 9.57 Å². The molecule has 0 unspecified atom stereocenters. The fraction of sp³-hybridized carbons (Fsp3) is 0.211. The number of methoxy groups -OCH3 is 1. The van der Waals surface area contributed by atoms with Crippen LogP contribution in [0.25, 0.3) is 0 Å². The van der Waals surface area contributed by atoms with Gasteiger partial charge in [-0.25, -0.2) is 4.79 Å². The van der Waals surface area contributed by atoms with E-state index in [1.807, 2.05) is 30.3 Å². The molecule has 1 atom stereocenters. The third-order valence-electron chi connectivity index (χ3n) is 3.65. The van der Waals surface area contributed by atoms with E-state index in [9.17, 15) is 9.90 Å². The maximum atomic E-state index is 12.3. The lowest BCUT2D eigenvalue weighted by Gasteiger charge is -2.28. The standard InChI is InChI=1S/C19H21NO4/c1-3-19(18(22)23-2,13-15-9-11-17(21)12-10-15)20-24-14-16-7-5-4-6-8-16/h3-12,20-21H,1,13-14H2,2H3/t19-/m0/s1. The molecule has 2 aromatic carbocycles. The second kappa shape index (κ2) is 8.29. The van der Waals surface area contributed by atoms with Gasteiger partial charge >= 0.3 is 5.97 Å². The molecule has 0 bridgehead atoms. The van der Waals surface area contributed by atoms with Gasteiger partial charge in [0, 0.05) is 6.42 Å². The Bertz CT molecular complexity index is 670. The first-order valence-electron chi connectivity index (χ1n) is 7.52. The predicted octanol–water partition coefficient (Wildman–Crippen LogP) is 2.75. The minimum atomic E-state index is -1.22. The van der Waals surface area contributed by atoms with Gasteiger partial charge in [0.25, 0.3) is 0 Å². The molecule has 0 aliphatic heterocycles. The van der Waals surface area contributed by atoms with E-state index in [1.165, 1.54) is 13.2 Å². The average Bonchev–Trinajstić information content (AvgIpc) is 2.63. The Morgan fingerprint density at radius 1 is 1.17 bits per heavy atom. The van der Waals surface area contributed by atoms with Gasteiger partial charge in [-0.05, 0) is 23.3 Å². The first kappa shape index (κ1) is 17.7. The quantitative estimate of drug-likeness (QED) is 0.443. The second-order valence-electron chi connectivity index (χ2n) is 5.39. The van der Waals surface area contributed by atoms with E-state index in [1.54, 1.807) is 24.3 Å². The van der Waals surface area contributed by atoms with Gasteiger partial charge in [-0.1, -0.05) is 48.5 Å². The number of hydrogen-bond donors (Lipinski definition) is 2. The molecule has 0 fully saturated rings. The highest BCUT2D eigenvalue weighted by atomic mass is 16.7. The summed E-state index contributed by atoms with van der Waals surface area (Å²) in [5.74, 6) is -0.340. The number of esters is 1. The maximum Gasteiger partial charge on any atom is 0.332 e. The molecule has 0 aromatic heterocycles. The summed E-state index contributed by atoms with van der Waals surface area (Å²) in [4.78, 5) is 17.8. The Kier molecular flexibility index (Phi) is 6.12. The predicted molar refractivity (Wildman–Crippen MR) is 91.1 cm³/mol. The zero-order valence-corrected chi connectivity index (χ0v) is 13.6. The van der Waals surface area contributed by atoms with Gasteiger partial charge in [-0.3, -0.25) is 4.84 Å². The fourth-order valence-corrected chi connectivity index (χ4v) is 2.29. The molecule has 0 aliphatic rings. The molecule has 0 heterocycles. The lowest BCUT2D eigenvalue weighted by atomic mass is 9.91. The van der Waals surface area contributed by atoms with Crippen LogP contribution in [0.3, 0.4) is 0 Å². The van der Waals surface area contributed by atoms with Crippen molar-refractivity contribution in [3.8, 4) is 5.75 Å². The molecular formula is C19H21NO4. The summed E-state index contributed by atoms with van der Waals surface area (Å²) < 4.78 is 4.90. The van der Waals surface area contributed by atoms with Crippen molar-refractivity contribution in [1.29, 1.82) is 0 Å². The van der Waals surface area contributed by atoms with Crippen LogP contribution in [0.5, 0.6) is 5.75 Å². The van der Waals surface area contributed by atoms with E-state index in [2.05, 4.69) is 12.1 Å². The SMILES string of the molecule is C=C[C@@](Cc1ccc(O)cc1)(NOCc1ccccc1)C(=O)OC. The Morgan fingerprint density at radius 2 is 1.83 bits per heavy atom. The summed E-state index contributed by atoms with van der Waals surface area (Å²) in [6.45, 7) is 4.04. The minimum Gasteiger partial charge on any atom is -0.508 e. The number of ether oxygens (including phenoxy) is 1. The maximum absolute atomic E-state index is 12.3. The van der Waals surface area contributed by atoms with Gasteiger partial charge in [-0.2, -0.15) is 5.48 Å². The van der Waals surface area contributed by atoms with Crippen molar-refractivity contribution in [1.82, 2.24) is 5.48 Å². The van der Waals surface area contributed by atoms with E-state index in [0.717, 1.165) is 11.1 Å². The van der Waals surface area contributed by atoms with E-state index in [-0.39, 0.29) is 12.2 Å². The Labute approximate surface area is 141 Å². The lowest BCUT2D eigenvalue weighted by Crippen LogP contribution is -2.52. The second-order valence-corrected chi connectivity index (χ2v) is 5.39. The van der Waals surface area contributed by atoms with Crippen molar-refractivity contribution in [2.24, 2.45) is 0 Å². The number of carbonyl (C=O) groups excluding carboxylic acids is 1. The number of aromatic hydroxyl groups is 1. The van der Waals surface area contributed by atoms with Gasteiger partial charge in [0.05, 0.1) is 13.7 Å². The van der Waals surface area contributed by atoms with Crippen LogP contribution in [0, 0.1) is 0 Å². The molecule has 2 aromatic rings. The third kappa shape index (κ3) is 4.44. The van der Waals surface area contributed by atoms with Crippen LogP contribution >= 0.6 is 0 Å². The molecule has 0 radical (unpaired) electrons. The highest BCUT2D eigenvalue weighted by molar-refractivity contribution is 5.83. The zero-order valence-electron chi connectivity index (χ0n) is 13.6. The number of hydrogen-bond acceptors (Lipinski definition) is 5. The highest BCUT2D eigenvalue weighted by Crippen LogP contribution is 2.19. The van der Waals surface area contributed by atoms with Gasteiger partial charge < -0.3 is 9.84 Å². The first-order valence-corrected chi connectivity index (χ1v) is 7.52. The number of rotatable bonds is 8. The molecule has 0 saturated heterocycles. The van der Waals surface area contributed by atoms with E-state index >= 15 is 0 Å². The number of phenols is 1. The van der Waals surface area contributed by atoms with Crippen LogP contribution in [0.15, 0.2) is 67.3 Å². The number of benzene rings is 2. The molecule has 0 saturated carbocycles. The lowest BCUT2D eigenvalue weighted by molar-refractivity contribution is -0.153. The van der Waals surface area contributed by atoms with Gasteiger partial charge in [0.2, 0.25) is 0 Å². The first-order chi connectivity index (χ1) is 11.6. The number of hydroxylamine groups is 1. The van der Waals surface area contributed by atoms with Crippen LogP contribution in [0.4, 0.5) is 0 Å². The largest absolute Gasteiger partial charge is 0.508 e. The van der Waals surface area contributed by atoms with E-state index in [0.29, 0.717) is 6.61 Å². The summed E-state index contributed by atoms with van der Waals surface area (Å²) >= 11 is 0. The smallest absolute Gasteiger partial charge is 0.332 e. The van der Waals surface area contributed by atoms with Crippen LogP contribution in [0.2, 0.25) is 0 Å². The normalized spacial score (nSPS) is 13.0. The van der Waals surface area contributed by atoms with E-state index < -0.39 is 11.5 Å². The summed E-state index contributed by atoms with van der Waals surface area (Å²) in [7, 11) is 1.32.